The number of hydrogen-bond donors (Lipinski definition) is 1. The molecule has 2 nitrogen and oxygen atoms in total. The minimum Gasteiger partial charge on any atom is -0.444 e. The quantitative estimate of drug-likeness (QED) is 0.692. The molecule has 3 aromatic rings. The van der Waals surface area contributed by atoms with E-state index in [0.717, 1.165) is 16.5 Å². The highest BCUT2D eigenvalue weighted by Gasteiger charge is 2.12. The zero-order valence-corrected chi connectivity index (χ0v) is 11.8. The molecule has 1 aromatic heterocycles. The Morgan fingerprint density at radius 3 is 2.70 bits per heavy atom. The maximum Gasteiger partial charge on any atom is 0.199 e. The Morgan fingerprint density at radius 2 is 1.90 bits per heavy atom. The molecule has 20 heavy (non-hydrogen) atoms. The Kier molecular flexibility index (Phi) is 3.55. The molecule has 0 atom stereocenters. The maximum absolute atomic E-state index is 13.0. The summed E-state index contributed by atoms with van der Waals surface area (Å²) in [6.07, 6.45) is 0. The van der Waals surface area contributed by atoms with Gasteiger partial charge in [0, 0.05) is 17.5 Å². The Hall–Kier alpha value is -1.71. The predicted molar refractivity (Wildman–Crippen MR) is 80.0 cm³/mol. The molecule has 0 spiro atoms. The van der Waals surface area contributed by atoms with Gasteiger partial charge in [-0.05, 0) is 35.9 Å². The minimum atomic E-state index is -0.368. The molecular formula is C15H10Cl2FNO. The Morgan fingerprint density at radius 1 is 1.10 bits per heavy atom. The van der Waals surface area contributed by atoms with Crippen molar-refractivity contribution in [2.75, 3.05) is 5.32 Å². The molecule has 0 unspecified atom stereocenters. The van der Waals surface area contributed by atoms with E-state index in [4.69, 9.17) is 27.6 Å². The fourth-order valence-electron chi connectivity index (χ4n) is 2.05. The highest BCUT2D eigenvalue weighted by atomic mass is 35.5. The van der Waals surface area contributed by atoms with E-state index in [-0.39, 0.29) is 5.82 Å². The van der Waals surface area contributed by atoms with Crippen molar-refractivity contribution in [3.8, 4) is 0 Å². The van der Waals surface area contributed by atoms with E-state index in [1.165, 1.54) is 12.1 Å². The molecule has 0 amide bonds. The predicted octanol–water partition coefficient (Wildman–Crippen LogP) is 5.49. The van der Waals surface area contributed by atoms with Crippen molar-refractivity contribution in [2.45, 2.75) is 6.54 Å². The molecule has 1 heterocycles. The Labute approximate surface area is 125 Å². The Bertz CT molecular complexity index is 770. The summed E-state index contributed by atoms with van der Waals surface area (Å²) in [5.41, 5.74) is 2.23. The van der Waals surface area contributed by atoms with Gasteiger partial charge in [0.2, 0.25) is 0 Å². The third-order valence-corrected chi connectivity index (χ3v) is 3.65. The number of halogens is 3. The van der Waals surface area contributed by atoms with Crippen LogP contribution in [0, 0.1) is 5.82 Å². The topological polar surface area (TPSA) is 25.2 Å². The number of nitrogens with one attached hydrogen (secondary N) is 1. The van der Waals surface area contributed by atoms with E-state index in [0.29, 0.717) is 22.5 Å². The van der Waals surface area contributed by atoms with Gasteiger partial charge in [-0.25, -0.2) is 4.39 Å². The van der Waals surface area contributed by atoms with E-state index >= 15 is 0 Å². The highest BCUT2D eigenvalue weighted by molar-refractivity contribution is 6.33. The van der Waals surface area contributed by atoms with Gasteiger partial charge in [-0.1, -0.05) is 29.8 Å². The van der Waals surface area contributed by atoms with Crippen LogP contribution < -0.4 is 5.32 Å². The van der Waals surface area contributed by atoms with Crippen LogP contribution in [0.25, 0.3) is 11.0 Å². The molecule has 0 fully saturated rings. The normalized spacial score (nSPS) is 10.9. The van der Waals surface area contributed by atoms with Crippen LogP contribution in [0.1, 0.15) is 5.56 Å². The van der Waals surface area contributed by atoms with Crippen molar-refractivity contribution in [1.82, 2.24) is 0 Å². The van der Waals surface area contributed by atoms with Crippen molar-refractivity contribution in [1.29, 1.82) is 0 Å². The standard InChI is InChI=1S/C15H10Cl2FNO/c16-12-7-9(18)5-6-13(12)19-8-11-10-3-1-2-4-14(10)20-15(11)17/h1-7,19H,8H2. The fraction of sp³-hybridized carbons (Fsp3) is 0.0667. The number of fused-ring (bicyclic) bond motifs is 1. The summed E-state index contributed by atoms with van der Waals surface area (Å²) >= 11 is 12.1. The molecule has 3 rings (SSSR count). The summed E-state index contributed by atoms with van der Waals surface area (Å²) in [6.45, 7) is 0.446. The van der Waals surface area contributed by atoms with Crippen molar-refractivity contribution < 1.29 is 8.81 Å². The molecule has 0 saturated heterocycles. The molecule has 0 bridgehead atoms. The van der Waals surface area contributed by atoms with Gasteiger partial charge in [-0.3, -0.25) is 0 Å². The highest BCUT2D eigenvalue weighted by Crippen LogP contribution is 2.31. The van der Waals surface area contributed by atoms with E-state index < -0.39 is 0 Å². The van der Waals surface area contributed by atoms with Gasteiger partial charge in [0.05, 0.1) is 10.7 Å². The lowest BCUT2D eigenvalue weighted by Crippen LogP contribution is -2.00. The zero-order chi connectivity index (χ0) is 14.1. The summed E-state index contributed by atoms with van der Waals surface area (Å²) in [5, 5.41) is 4.75. The number of anilines is 1. The summed E-state index contributed by atoms with van der Waals surface area (Å²) in [4.78, 5) is 0. The molecule has 2 aromatic carbocycles. The Balaban J connectivity index is 1.88. The molecule has 1 N–H and O–H groups in total. The number of benzene rings is 2. The van der Waals surface area contributed by atoms with E-state index in [1.807, 2.05) is 24.3 Å². The van der Waals surface area contributed by atoms with Crippen LogP contribution in [0.15, 0.2) is 46.9 Å². The van der Waals surface area contributed by atoms with Crippen LogP contribution in [0.3, 0.4) is 0 Å². The lowest BCUT2D eigenvalue weighted by atomic mass is 10.2. The number of rotatable bonds is 3. The summed E-state index contributed by atoms with van der Waals surface area (Å²) < 4.78 is 18.5. The van der Waals surface area contributed by atoms with Crippen molar-refractivity contribution >= 4 is 39.9 Å². The first-order chi connectivity index (χ1) is 9.65. The second-order valence-corrected chi connectivity index (χ2v) is 5.08. The average Bonchev–Trinajstić information content (AvgIpc) is 2.74. The van der Waals surface area contributed by atoms with Gasteiger partial charge in [0.1, 0.15) is 11.4 Å². The van der Waals surface area contributed by atoms with Crippen LogP contribution in [0.5, 0.6) is 0 Å². The van der Waals surface area contributed by atoms with Crippen LogP contribution >= 0.6 is 23.2 Å². The number of furan rings is 1. The monoisotopic (exact) mass is 309 g/mol. The van der Waals surface area contributed by atoms with Crippen LogP contribution in [0.2, 0.25) is 10.2 Å². The second kappa shape index (κ2) is 5.35. The van der Waals surface area contributed by atoms with E-state index in [9.17, 15) is 4.39 Å². The molecule has 0 aliphatic carbocycles. The van der Waals surface area contributed by atoms with Crippen LogP contribution in [-0.2, 0) is 6.54 Å². The van der Waals surface area contributed by atoms with Crippen molar-refractivity contribution in [3.05, 3.63) is 64.1 Å². The van der Waals surface area contributed by atoms with Gasteiger partial charge < -0.3 is 9.73 Å². The molecule has 0 aliphatic heterocycles. The van der Waals surface area contributed by atoms with Crippen LogP contribution in [-0.4, -0.2) is 0 Å². The van der Waals surface area contributed by atoms with Gasteiger partial charge >= 0.3 is 0 Å². The third-order valence-electron chi connectivity index (χ3n) is 3.04. The molecule has 5 heteroatoms. The average molecular weight is 310 g/mol. The van der Waals surface area contributed by atoms with Gasteiger partial charge in [0.25, 0.3) is 0 Å². The largest absolute Gasteiger partial charge is 0.444 e. The molecule has 0 saturated carbocycles. The lowest BCUT2D eigenvalue weighted by Gasteiger charge is -2.07. The first kappa shape index (κ1) is 13.3. The summed E-state index contributed by atoms with van der Waals surface area (Å²) in [5.74, 6) is -0.368. The van der Waals surface area contributed by atoms with E-state index in [2.05, 4.69) is 5.32 Å². The zero-order valence-electron chi connectivity index (χ0n) is 10.3. The van der Waals surface area contributed by atoms with Crippen molar-refractivity contribution in [3.63, 3.8) is 0 Å². The maximum atomic E-state index is 13.0. The van der Waals surface area contributed by atoms with Gasteiger partial charge in [-0.2, -0.15) is 0 Å². The molecular weight excluding hydrogens is 300 g/mol. The summed E-state index contributed by atoms with van der Waals surface area (Å²) in [6, 6.07) is 11.8. The minimum absolute atomic E-state index is 0.328. The van der Waals surface area contributed by atoms with Gasteiger partial charge in [-0.15, -0.1) is 0 Å². The fourth-order valence-corrected chi connectivity index (χ4v) is 2.54. The summed E-state index contributed by atoms with van der Waals surface area (Å²) in [7, 11) is 0. The van der Waals surface area contributed by atoms with Gasteiger partial charge in [0.15, 0.2) is 5.22 Å². The smallest absolute Gasteiger partial charge is 0.199 e. The second-order valence-electron chi connectivity index (χ2n) is 4.33. The first-order valence-electron chi connectivity index (χ1n) is 6.00. The lowest BCUT2D eigenvalue weighted by molar-refractivity contribution is 0.613. The SMILES string of the molecule is Fc1ccc(NCc2c(Cl)oc3ccccc23)c(Cl)c1. The number of hydrogen-bond acceptors (Lipinski definition) is 2. The van der Waals surface area contributed by atoms with Crippen LogP contribution in [0.4, 0.5) is 10.1 Å². The van der Waals surface area contributed by atoms with E-state index in [1.54, 1.807) is 6.07 Å². The molecule has 0 aliphatic rings. The molecule has 102 valence electrons. The first-order valence-corrected chi connectivity index (χ1v) is 6.75. The third kappa shape index (κ3) is 2.47. The van der Waals surface area contributed by atoms with Crippen molar-refractivity contribution in [2.24, 2.45) is 0 Å². The number of para-hydroxylation sites is 1. The molecule has 0 radical (unpaired) electrons.